The largest absolute Gasteiger partial charge is 0.394 e. The lowest BCUT2D eigenvalue weighted by molar-refractivity contribution is -0.316. The summed E-state index contributed by atoms with van der Waals surface area (Å²) in [5.41, 5.74) is -2.11. The van der Waals surface area contributed by atoms with Gasteiger partial charge in [0.15, 0.2) is 18.2 Å². The summed E-state index contributed by atoms with van der Waals surface area (Å²) < 4.78 is 14.8. The minimum Gasteiger partial charge on any atom is -0.394 e. The van der Waals surface area contributed by atoms with Gasteiger partial charge in [0, 0.05) is 0 Å². The Morgan fingerprint density at radius 2 is 1.71 bits per heavy atom. The first-order chi connectivity index (χ1) is 9.81. The number of ether oxygens (including phenoxy) is 3. The van der Waals surface area contributed by atoms with Crippen LogP contribution in [0.15, 0.2) is 0 Å². The van der Waals surface area contributed by atoms with Crippen molar-refractivity contribution in [3.8, 4) is 0 Å². The smallest absolute Gasteiger partial charge is 0.188 e. The van der Waals surface area contributed by atoms with E-state index in [1.165, 1.54) is 0 Å². The molecule has 0 aromatic carbocycles. The van der Waals surface area contributed by atoms with E-state index in [0.29, 0.717) is 0 Å². The van der Waals surface area contributed by atoms with Gasteiger partial charge >= 0.3 is 0 Å². The highest BCUT2D eigenvalue weighted by Crippen LogP contribution is 2.28. The molecule has 0 saturated carbocycles. The summed E-state index contributed by atoms with van der Waals surface area (Å²) in [5, 5.41) is 67.0. The molecule has 21 heavy (non-hydrogen) atoms. The molecule has 0 amide bonds. The first kappa shape index (κ1) is 17.0. The van der Waals surface area contributed by atoms with Gasteiger partial charge in [-0.05, 0) is 0 Å². The summed E-state index contributed by atoms with van der Waals surface area (Å²) in [7, 11) is 0. The first-order valence-corrected chi connectivity index (χ1v) is 6.43. The van der Waals surface area contributed by atoms with E-state index in [-0.39, 0.29) is 6.61 Å². The predicted molar refractivity (Wildman–Crippen MR) is 62.6 cm³/mol. The number of hydrogen-bond acceptors (Lipinski definition) is 10. The molecule has 10 nitrogen and oxygen atoms in total. The molecule has 2 aliphatic heterocycles. The second-order valence-corrected chi connectivity index (χ2v) is 5.20. The minimum absolute atomic E-state index is 0.296. The van der Waals surface area contributed by atoms with Crippen LogP contribution in [0.3, 0.4) is 0 Å². The molecule has 0 radical (unpaired) electrons. The van der Waals surface area contributed by atoms with Crippen LogP contribution in [0, 0.1) is 0 Å². The Bertz CT molecular complexity index is 340. The maximum Gasteiger partial charge on any atom is 0.188 e. The van der Waals surface area contributed by atoms with Crippen LogP contribution in [0.2, 0.25) is 0 Å². The van der Waals surface area contributed by atoms with Gasteiger partial charge in [0.2, 0.25) is 0 Å². The van der Waals surface area contributed by atoms with E-state index in [1.807, 2.05) is 0 Å². The van der Waals surface area contributed by atoms with Crippen LogP contribution in [0.4, 0.5) is 0 Å². The van der Waals surface area contributed by atoms with Gasteiger partial charge in [-0.2, -0.15) is 0 Å². The molecule has 0 aliphatic carbocycles. The minimum atomic E-state index is -2.11. The van der Waals surface area contributed by atoms with Crippen molar-refractivity contribution >= 4 is 0 Å². The van der Waals surface area contributed by atoms with Crippen LogP contribution in [0.1, 0.15) is 0 Å². The summed E-state index contributed by atoms with van der Waals surface area (Å²) in [5.74, 6) is 0. The molecule has 2 saturated heterocycles. The van der Waals surface area contributed by atoms with Gasteiger partial charge in [0.25, 0.3) is 0 Å². The standard InChI is InChI=1S/C11H20O10/c12-1-4-6(14)7(15)8(16)9(21-4)20-3-11(18)5(13)2-19-10(11)17/h4-10,12-18H,1-3H2/t4-,5-,6+,7+,8-,9-,10+,11+/m1/s1. The Labute approximate surface area is 119 Å². The molecular weight excluding hydrogens is 292 g/mol. The number of aliphatic hydroxyl groups is 7. The molecule has 0 unspecified atom stereocenters. The third-order valence-electron chi connectivity index (χ3n) is 3.74. The van der Waals surface area contributed by atoms with Crippen molar-refractivity contribution in [3.63, 3.8) is 0 Å². The topological polar surface area (TPSA) is 169 Å². The van der Waals surface area contributed by atoms with Crippen LogP contribution < -0.4 is 0 Å². The molecule has 0 spiro atoms. The van der Waals surface area contributed by atoms with Gasteiger partial charge < -0.3 is 50.0 Å². The highest BCUT2D eigenvalue weighted by Gasteiger charge is 2.51. The van der Waals surface area contributed by atoms with Gasteiger partial charge in [-0.15, -0.1) is 0 Å². The zero-order valence-corrected chi connectivity index (χ0v) is 11.0. The van der Waals surface area contributed by atoms with Crippen LogP contribution in [0.25, 0.3) is 0 Å². The van der Waals surface area contributed by atoms with Crippen LogP contribution in [-0.2, 0) is 14.2 Å². The average molecular weight is 312 g/mol. The molecule has 124 valence electrons. The van der Waals surface area contributed by atoms with Crippen molar-refractivity contribution < 1.29 is 50.0 Å². The summed E-state index contributed by atoms with van der Waals surface area (Å²) in [4.78, 5) is 0. The van der Waals surface area contributed by atoms with Gasteiger partial charge in [-0.3, -0.25) is 0 Å². The van der Waals surface area contributed by atoms with Crippen molar-refractivity contribution in [2.75, 3.05) is 19.8 Å². The number of aliphatic hydroxyl groups excluding tert-OH is 6. The fourth-order valence-corrected chi connectivity index (χ4v) is 2.22. The van der Waals surface area contributed by atoms with Crippen molar-refractivity contribution in [2.24, 2.45) is 0 Å². The highest BCUT2D eigenvalue weighted by molar-refractivity contribution is 4.95. The lowest BCUT2D eigenvalue weighted by Crippen LogP contribution is -2.60. The maximum absolute atomic E-state index is 10.0. The van der Waals surface area contributed by atoms with Gasteiger partial charge in [-0.1, -0.05) is 0 Å². The maximum atomic E-state index is 10.0. The molecule has 8 atom stereocenters. The van der Waals surface area contributed by atoms with E-state index in [9.17, 15) is 30.6 Å². The van der Waals surface area contributed by atoms with Crippen molar-refractivity contribution in [1.29, 1.82) is 0 Å². The Kier molecular flexibility index (Phi) is 5.15. The summed E-state index contributed by atoms with van der Waals surface area (Å²) in [6, 6.07) is 0. The quantitative estimate of drug-likeness (QED) is 0.267. The van der Waals surface area contributed by atoms with Crippen molar-refractivity contribution in [3.05, 3.63) is 0 Å². The molecule has 0 aromatic heterocycles. The molecule has 7 N–H and O–H groups in total. The van der Waals surface area contributed by atoms with Crippen LogP contribution in [-0.4, -0.2) is 104 Å². The predicted octanol–water partition coefficient (Wildman–Crippen LogP) is -4.76. The van der Waals surface area contributed by atoms with Crippen LogP contribution in [0.5, 0.6) is 0 Å². The second kappa shape index (κ2) is 6.38. The second-order valence-electron chi connectivity index (χ2n) is 5.20. The first-order valence-electron chi connectivity index (χ1n) is 6.43. The fourth-order valence-electron chi connectivity index (χ4n) is 2.22. The van der Waals surface area contributed by atoms with Gasteiger partial charge in [0.05, 0.1) is 19.8 Å². The molecular formula is C11H20O10. The van der Waals surface area contributed by atoms with Crippen molar-refractivity contribution in [2.45, 2.75) is 48.7 Å². The van der Waals surface area contributed by atoms with Crippen LogP contribution >= 0.6 is 0 Å². The zero-order chi connectivity index (χ0) is 15.8. The molecule has 2 aliphatic rings. The molecule has 2 heterocycles. The number of hydrogen-bond donors (Lipinski definition) is 7. The van der Waals surface area contributed by atoms with Crippen molar-refractivity contribution in [1.82, 2.24) is 0 Å². The van der Waals surface area contributed by atoms with E-state index >= 15 is 0 Å². The lowest BCUT2D eigenvalue weighted by atomic mass is 9.98. The SMILES string of the molecule is OC[C@H]1O[C@@H](OC[C@]2(O)[C@H](O)CO[C@@H]2O)[C@H](O)[C@@H](O)[C@H]1O. The molecule has 10 heteroatoms. The average Bonchev–Trinajstić information content (AvgIpc) is 2.72. The fraction of sp³-hybridized carbons (Fsp3) is 1.00. The Hall–Kier alpha value is -0.400. The Balaban J connectivity index is 1.99. The monoisotopic (exact) mass is 312 g/mol. The van der Waals surface area contributed by atoms with E-state index in [1.54, 1.807) is 0 Å². The van der Waals surface area contributed by atoms with Gasteiger partial charge in [0.1, 0.15) is 30.5 Å². The van der Waals surface area contributed by atoms with E-state index < -0.39 is 61.9 Å². The Morgan fingerprint density at radius 1 is 1.05 bits per heavy atom. The van der Waals surface area contributed by atoms with Gasteiger partial charge in [-0.25, -0.2) is 0 Å². The molecule has 2 fully saturated rings. The summed E-state index contributed by atoms with van der Waals surface area (Å²) in [6.07, 6.45) is -10.5. The lowest BCUT2D eigenvalue weighted by Gasteiger charge is -2.40. The molecule has 0 aromatic rings. The zero-order valence-electron chi connectivity index (χ0n) is 11.0. The highest BCUT2D eigenvalue weighted by atomic mass is 16.7. The van der Waals surface area contributed by atoms with E-state index in [4.69, 9.17) is 14.6 Å². The summed E-state index contributed by atoms with van der Waals surface area (Å²) in [6.45, 7) is -1.57. The molecule has 0 bridgehead atoms. The third kappa shape index (κ3) is 3.05. The normalized spacial score (nSPS) is 51.3. The molecule has 2 rings (SSSR count). The van der Waals surface area contributed by atoms with E-state index in [2.05, 4.69) is 4.74 Å². The van der Waals surface area contributed by atoms with E-state index in [0.717, 1.165) is 0 Å². The third-order valence-corrected chi connectivity index (χ3v) is 3.74. The summed E-state index contributed by atoms with van der Waals surface area (Å²) >= 11 is 0. The number of rotatable bonds is 4. The Morgan fingerprint density at radius 3 is 2.24 bits per heavy atom.